The summed E-state index contributed by atoms with van der Waals surface area (Å²) in [4.78, 5) is 0. The third-order valence-corrected chi connectivity index (χ3v) is 7.37. The maximum Gasteiger partial charge on any atom is 0.416 e. The first-order valence-electron chi connectivity index (χ1n) is 12.3. The highest BCUT2D eigenvalue weighted by Crippen LogP contribution is 2.34. The number of benzene rings is 3. The van der Waals surface area contributed by atoms with Crippen molar-refractivity contribution in [3.63, 3.8) is 0 Å². The summed E-state index contributed by atoms with van der Waals surface area (Å²) in [7, 11) is 0. The summed E-state index contributed by atoms with van der Waals surface area (Å²) in [5.74, 6) is 1.36. The minimum absolute atomic E-state index is 0.225. The van der Waals surface area contributed by atoms with Gasteiger partial charge in [-0.05, 0) is 91.0 Å². The molecule has 0 N–H and O–H groups in total. The molecule has 0 radical (unpaired) electrons. The molecule has 1 saturated carbocycles. The minimum Gasteiger partial charge on any atom is -0.206 e. The average Bonchev–Trinajstić information content (AvgIpc) is 2.83. The fourth-order valence-corrected chi connectivity index (χ4v) is 5.24. The van der Waals surface area contributed by atoms with Crippen LogP contribution in [0.4, 0.5) is 17.6 Å². The van der Waals surface area contributed by atoms with E-state index in [2.05, 4.69) is 12.6 Å². The van der Waals surface area contributed by atoms with Crippen LogP contribution in [-0.2, 0) is 25.4 Å². The van der Waals surface area contributed by atoms with E-state index in [-0.39, 0.29) is 5.82 Å². The second-order valence-corrected chi connectivity index (χ2v) is 9.74. The summed E-state index contributed by atoms with van der Waals surface area (Å²) in [6.07, 6.45) is 7.16. The van der Waals surface area contributed by atoms with Crippen molar-refractivity contribution >= 4 is 10.8 Å². The first-order chi connectivity index (χ1) is 16.3. The van der Waals surface area contributed by atoms with Crippen molar-refractivity contribution in [1.29, 1.82) is 0 Å². The molecule has 0 bridgehead atoms. The van der Waals surface area contributed by atoms with Gasteiger partial charge >= 0.3 is 6.18 Å². The van der Waals surface area contributed by atoms with Gasteiger partial charge in [0.25, 0.3) is 0 Å². The van der Waals surface area contributed by atoms with Crippen LogP contribution in [0.1, 0.15) is 60.8 Å². The predicted octanol–water partition coefficient (Wildman–Crippen LogP) is 9.10. The van der Waals surface area contributed by atoms with E-state index in [1.54, 1.807) is 0 Å². The lowest BCUT2D eigenvalue weighted by atomic mass is 9.78. The normalized spacial score (nSPS) is 18.8. The van der Waals surface area contributed by atoms with Gasteiger partial charge in [-0.1, -0.05) is 61.4 Å². The Balaban J connectivity index is 1.35. The fourth-order valence-electron chi connectivity index (χ4n) is 5.24. The van der Waals surface area contributed by atoms with Crippen LogP contribution in [0.25, 0.3) is 10.8 Å². The summed E-state index contributed by atoms with van der Waals surface area (Å²) >= 11 is 0. The lowest BCUT2D eigenvalue weighted by Crippen LogP contribution is -2.14. The topological polar surface area (TPSA) is 0 Å². The Morgan fingerprint density at radius 2 is 1.47 bits per heavy atom. The van der Waals surface area contributed by atoms with Crippen LogP contribution in [-0.4, -0.2) is 0 Å². The maximum atomic E-state index is 15.1. The van der Waals surface area contributed by atoms with Crippen LogP contribution >= 0.6 is 0 Å². The van der Waals surface area contributed by atoms with E-state index in [1.165, 1.54) is 49.8 Å². The second-order valence-electron chi connectivity index (χ2n) is 9.74. The number of hydrogen-bond acceptors (Lipinski definition) is 0. The first kappa shape index (κ1) is 24.5. The van der Waals surface area contributed by atoms with Crippen molar-refractivity contribution in [2.75, 3.05) is 0 Å². The first-order valence-corrected chi connectivity index (χ1v) is 12.3. The summed E-state index contributed by atoms with van der Waals surface area (Å²) in [6, 6.07) is 14.9. The van der Waals surface area contributed by atoms with E-state index in [0.717, 1.165) is 47.8 Å². The maximum absolute atomic E-state index is 15.1. The minimum atomic E-state index is -4.34. The number of hydrogen-bond donors (Lipinski definition) is 0. The molecule has 0 unspecified atom stereocenters. The molecule has 0 amide bonds. The van der Waals surface area contributed by atoms with Gasteiger partial charge in [-0.25, -0.2) is 4.39 Å². The fraction of sp³-hybridized carbons (Fsp3) is 0.400. The number of fused-ring (bicyclic) bond motifs is 1. The summed E-state index contributed by atoms with van der Waals surface area (Å²) < 4.78 is 53.3. The molecule has 0 aliphatic heterocycles. The van der Waals surface area contributed by atoms with Gasteiger partial charge in [-0.15, -0.1) is 6.58 Å². The Morgan fingerprint density at radius 1 is 0.794 bits per heavy atom. The molecule has 3 aromatic carbocycles. The number of allylic oxidation sites excluding steroid dienone is 1. The molecule has 0 heterocycles. The molecule has 1 aliphatic carbocycles. The van der Waals surface area contributed by atoms with E-state index < -0.39 is 11.7 Å². The van der Waals surface area contributed by atoms with Gasteiger partial charge < -0.3 is 0 Å². The van der Waals surface area contributed by atoms with Crippen molar-refractivity contribution in [2.45, 2.75) is 64.0 Å². The molecular formula is C30H32F4. The number of aryl methyl sites for hydroxylation is 3. The standard InChI is InChI=1S/C30H32F4/c1-2-3-21-4-6-22(7-5-21)8-9-24-13-19-28-26(20-24)16-15-25(29(28)31)14-10-23-11-17-27(18-12-23)30(32,33)34/h2,11-13,15-22H,1,3-10,14H2. The number of halogens is 4. The van der Waals surface area contributed by atoms with Crippen LogP contribution in [0.3, 0.4) is 0 Å². The zero-order chi connectivity index (χ0) is 24.1. The molecule has 34 heavy (non-hydrogen) atoms. The third kappa shape index (κ3) is 6.08. The van der Waals surface area contributed by atoms with Gasteiger partial charge in [0.15, 0.2) is 0 Å². The monoisotopic (exact) mass is 468 g/mol. The Kier molecular flexibility index (Phi) is 7.75. The van der Waals surface area contributed by atoms with Crippen LogP contribution in [0.15, 0.2) is 67.3 Å². The van der Waals surface area contributed by atoms with Crippen molar-refractivity contribution in [3.05, 3.63) is 95.3 Å². The number of alkyl halides is 3. The Labute approximate surface area is 199 Å². The smallest absolute Gasteiger partial charge is 0.206 e. The highest BCUT2D eigenvalue weighted by molar-refractivity contribution is 5.84. The van der Waals surface area contributed by atoms with Gasteiger partial charge in [0.2, 0.25) is 0 Å². The van der Waals surface area contributed by atoms with Crippen LogP contribution in [0.5, 0.6) is 0 Å². The highest BCUT2D eigenvalue weighted by Gasteiger charge is 2.29. The van der Waals surface area contributed by atoms with E-state index in [0.29, 0.717) is 23.8 Å². The van der Waals surface area contributed by atoms with E-state index in [4.69, 9.17) is 0 Å². The Hall–Kier alpha value is -2.62. The molecule has 0 atom stereocenters. The van der Waals surface area contributed by atoms with Crippen molar-refractivity contribution in [2.24, 2.45) is 11.8 Å². The molecule has 0 nitrogen and oxygen atoms in total. The highest BCUT2D eigenvalue weighted by atomic mass is 19.4. The van der Waals surface area contributed by atoms with Crippen molar-refractivity contribution < 1.29 is 17.6 Å². The zero-order valence-electron chi connectivity index (χ0n) is 19.5. The molecule has 3 aromatic rings. The van der Waals surface area contributed by atoms with Crippen LogP contribution in [0.2, 0.25) is 0 Å². The Bertz CT molecular complexity index is 1100. The molecular weight excluding hydrogens is 436 g/mol. The lowest BCUT2D eigenvalue weighted by Gasteiger charge is -2.27. The third-order valence-electron chi connectivity index (χ3n) is 7.37. The van der Waals surface area contributed by atoms with Gasteiger partial charge in [0.05, 0.1) is 5.56 Å². The summed E-state index contributed by atoms with van der Waals surface area (Å²) in [5.41, 5.74) is 1.94. The largest absolute Gasteiger partial charge is 0.416 e. The van der Waals surface area contributed by atoms with E-state index >= 15 is 4.39 Å². The van der Waals surface area contributed by atoms with E-state index in [9.17, 15) is 13.2 Å². The van der Waals surface area contributed by atoms with Crippen molar-refractivity contribution in [1.82, 2.24) is 0 Å². The van der Waals surface area contributed by atoms with Crippen LogP contribution in [0, 0.1) is 17.7 Å². The van der Waals surface area contributed by atoms with Gasteiger partial charge in [0.1, 0.15) is 5.82 Å². The molecule has 1 aliphatic rings. The average molecular weight is 469 g/mol. The Morgan fingerprint density at radius 3 is 2.15 bits per heavy atom. The summed E-state index contributed by atoms with van der Waals surface area (Å²) in [6.45, 7) is 3.86. The van der Waals surface area contributed by atoms with E-state index in [1.807, 2.05) is 30.3 Å². The second kappa shape index (κ2) is 10.8. The van der Waals surface area contributed by atoms with Gasteiger partial charge in [-0.3, -0.25) is 0 Å². The van der Waals surface area contributed by atoms with Crippen molar-refractivity contribution in [3.8, 4) is 0 Å². The molecule has 0 saturated heterocycles. The molecule has 0 aromatic heterocycles. The molecule has 4 rings (SSSR count). The van der Waals surface area contributed by atoms with Gasteiger partial charge in [-0.2, -0.15) is 13.2 Å². The van der Waals surface area contributed by atoms with Crippen LogP contribution < -0.4 is 0 Å². The molecule has 180 valence electrons. The zero-order valence-corrected chi connectivity index (χ0v) is 19.5. The quantitative estimate of drug-likeness (QED) is 0.228. The molecule has 4 heteroatoms. The SMILES string of the molecule is C=CCC1CCC(CCc2ccc3c(F)c(CCc4ccc(C(F)(F)F)cc4)ccc3c2)CC1. The lowest BCUT2D eigenvalue weighted by molar-refractivity contribution is -0.137. The summed E-state index contributed by atoms with van der Waals surface area (Å²) in [5, 5.41) is 1.52. The number of rotatable bonds is 8. The molecule has 0 spiro atoms. The predicted molar refractivity (Wildman–Crippen MR) is 131 cm³/mol. The molecule has 1 fully saturated rings. The van der Waals surface area contributed by atoms with Gasteiger partial charge in [0, 0.05) is 5.39 Å².